The summed E-state index contributed by atoms with van der Waals surface area (Å²) in [5, 5.41) is 9.08. The summed E-state index contributed by atoms with van der Waals surface area (Å²) in [6.07, 6.45) is 12.8. The number of hydrogen-bond acceptors (Lipinski definition) is 4. The Morgan fingerprint density at radius 2 is 2.00 bits per heavy atom. The van der Waals surface area contributed by atoms with Crippen molar-refractivity contribution in [3.8, 4) is 0 Å². The van der Waals surface area contributed by atoms with E-state index in [-0.39, 0.29) is 0 Å². The van der Waals surface area contributed by atoms with E-state index in [0.29, 0.717) is 24.3 Å². The number of carbonyl (C=O) groups is 1. The minimum atomic E-state index is 0.315. The van der Waals surface area contributed by atoms with Crippen LogP contribution in [0, 0.1) is 0 Å². The molecule has 2 fully saturated rings. The van der Waals surface area contributed by atoms with Crippen molar-refractivity contribution in [3.05, 3.63) is 30.4 Å². The molecule has 1 saturated heterocycles. The van der Waals surface area contributed by atoms with Gasteiger partial charge >= 0.3 is 0 Å². The zero-order valence-electron chi connectivity index (χ0n) is 15.5. The van der Waals surface area contributed by atoms with Gasteiger partial charge in [0.15, 0.2) is 5.82 Å². The summed E-state index contributed by atoms with van der Waals surface area (Å²) in [4.78, 5) is 18.4. The van der Waals surface area contributed by atoms with E-state index in [1.54, 1.807) is 6.20 Å². The van der Waals surface area contributed by atoms with Crippen LogP contribution in [0.5, 0.6) is 0 Å². The minimum absolute atomic E-state index is 0.315. The van der Waals surface area contributed by atoms with Crippen LogP contribution in [0.1, 0.15) is 75.5 Å². The normalized spacial score (nSPS) is 18.4. The van der Waals surface area contributed by atoms with Crippen LogP contribution in [0.4, 0.5) is 0 Å². The molecule has 0 spiro atoms. The number of piperidine rings is 1. The predicted octanol–water partition coefficient (Wildman–Crippen LogP) is 2.75. The van der Waals surface area contributed by atoms with Gasteiger partial charge in [0.2, 0.25) is 5.91 Å². The Kier molecular flexibility index (Phi) is 5.04. The molecule has 26 heavy (non-hydrogen) atoms. The SMILES string of the molecule is CCCCC(=O)N1CCC(c2nnc(Cn3ccnc3)n2C2CC2)CC1. The average molecular weight is 356 g/mol. The Morgan fingerprint density at radius 3 is 2.65 bits per heavy atom. The van der Waals surface area contributed by atoms with E-state index in [4.69, 9.17) is 0 Å². The van der Waals surface area contributed by atoms with Crippen molar-refractivity contribution in [3.63, 3.8) is 0 Å². The van der Waals surface area contributed by atoms with Crippen molar-refractivity contribution in [2.24, 2.45) is 0 Å². The lowest BCUT2D eigenvalue weighted by molar-refractivity contribution is -0.132. The molecule has 2 aromatic rings. The second-order valence-electron chi connectivity index (χ2n) is 7.57. The van der Waals surface area contributed by atoms with Gasteiger partial charge in [0.25, 0.3) is 0 Å². The van der Waals surface area contributed by atoms with E-state index in [2.05, 4.69) is 26.7 Å². The molecule has 7 heteroatoms. The van der Waals surface area contributed by atoms with Crippen molar-refractivity contribution < 1.29 is 4.79 Å². The predicted molar refractivity (Wildman–Crippen MR) is 97.7 cm³/mol. The summed E-state index contributed by atoms with van der Waals surface area (Å²) in [6, 6.07) is 0.558. The third kappa shape index (κ3) is 3.66. The molecule has 0 bridgehead atoms. The van der Waals surface area contributed by atoms with Crippen LogP contribution in [-0.4, -0.2) is 48.2 Å². The first-order chi connectivity index (χ1) is 12.8. The maximum Gasteiger partial charge on any atom is 0.222 e. The molecule has 1 amide bonds. The van der Waals surface area contributed by atoms with Gasteiger partial charge in [0.05, 0.1) is 12.9 Å². The lowest BCUT2D eigenvalue weighted by atomic mass is 9.95. The maximum atomic E-state index is 12.3. The summed E-state index contributed by atoms with van der Waals surface area (Å²) in [5.41, 5.74) is 0. The second-order valence-corrected chi connectivity index (χ2v) is 7.57. The van der Waals surface area contributed by atoms with Crippen molar-refractivity contribution in [1.29, 1.82) is 0 Å². The van der Waals surface area contributed by atoms with Gasteiger partial charge in [0.1, 0.15) is 5.82 Å². The van der Waals surface area contributed by atoms with E-state index >= 15 is 0 Å². The second kappa shape index (κ2) is 7.60. The highest BCUT2D eigenvalue weighted by molar-refractivity contribution is 5.76. The molecule has 4 rings (SSSR count). The van der Waals surface area contributed by atoms with E-state index in [1.165, 1.54) is 12.8 Å². The van der Waals surface area contributed by atoms with Gasteiger partial charge in [-0.3, -0.25) is 4.79 Å². The number of imidazole rings is 1. The largest absolute Gasteiger partial charge is 0.343 e. The zero-order chi connectivity index (χ0) is 17.9. The van der Waals surface area contributed by atoms with Crippen LogP contribution in [0.15, 0.2) is 18.7 Å². The van der Waals surface area contributed by atoms with Gasteiger partial charge in [0, 0.05) is 43.9 Å². The van der Waals surface area contributed by atoms with Gasteiger partial charge in [-0.1, -0.05) is 13.3 Å². The molecule has 3 heterocycles. The van der Waals surface area contributed by atoms with Gasteiger partial charge in [-0.05, 0) is 32.1 Å². The number of aromatic nitrogens is 5. The molecule has 1 saturated carbocycles. The van der Waals surface area contributed by atoms with Crippen molar-refractivity contribution in [2.75, 3.05) is 13.1 Å². The number of hydrogen-bond donors (Lipinski definition) is 0. The third-order valence-corrected chi connectivity index (χ3v) is 5.55. The van der Waals surface area contributed by atoms with Crippen LogP contribution in [0.3, 0.4) is 0 Å². The molecule has 2 aromatic heterocycles. The lowest BCUT2D eigenvalue weighted by Gasteiger charge is -2.32. The number of unbranched alkanes of at least 4 members (excludes halogenated alkanes) is 1. The fraction of sp³-hybridized carbons (Fsp3) is 0.684. The van der Waals surface area contributed by atoms with E-state index in [0.717, 1.165) is 57.0 Å². The van der Waals surface area contributed by atoms with Crippen LogP contribution in [0.25, 0.3) is 0 Å². The molecule has 140 valence electrons. The van der Waals surface area contributed by atoms with Crippen molar-refractivity contribution >= 4 is 5.91 Å². The summed E-state index contributed by atoms with van der Waals surface area (Å²) in [5.74, 6) is 2.88. The monoisotopic (exact) mass is 356 g/mol. The lowest BCUT2D eigenvalue weighted by Crippen LogP contribution is -2.38. The topological polar surface area (TPSA) is 68.8 Å². The number of nitrogens with zero attached hydrogens (tertiary/aromatic N) is 6. The van der Waals surface area contributed by atoms with E-state index in [1.807, 2.05) is 22.0 Å². The molecule has 0 unspecified atom stereocenters. The summed E-state index contributed by atoms with van der Waals surface area (Å²) in [6.45, 7) is 4.55. The van der Waals surface area contributed by atoms with Gasteiger partial charge < -0.3 is 14.0 Å². The first-order valence-electron chi connectivity index (χ1n) is 9.93. The Labute approximate surface area is 154 Å². The quantitative estimate of drug-likeness (QED) is 0.765. The van der Waals surface area contributed by atoms with Crippen molar-refractivity contribution in [1.82, 2.24) is 29.2 Å². The van der Waals surface area contributed by atoms with Gasteiger partial charge in [-0.15, -0.1) is 10.2 Å². The van der Waals surface area contributed by atoms with Gasteiger partial charge in [-0.2, -0.15) is 0 Å². The first kappa shape index (κ1) is 17.2. The molecular weight excluding hydrogens is 328 g/mol. The number of likely N-dealkylation sites (tertiary alicyclic amines) is 1. The molecule has 0 aromatic carbocycles. The molecule has 1 aliphatic heterocycles. The van der Waals surface area contributed by atoms with Crippen LogP contribution < -0.4 is 0 Å². The van der Waals surface area contributed by atoms with E-state index in [9.17, 15) is 4.79 Å². The summed E-state index contributed by atoms with van der Waals surface area (Å²) in [7, 11) is 0. The highest BCUT2D eigenvalue weighted by Gasteiger charge is 2.34. The van der Waals surface area contributed by atoms with Crippen LogP contribution in [-0.2, 0) is 11.3 Å². The molecule has 7 nitrogen and oxygen atoms in total. The highest BCUT2D eigenvalue weighted by atomic mass is 16.2. The minimum Gasteiger partial charge on any atom is -0.343 e. The van der Waals surface area contributed by atoms with Gasteiger partial charge in [-0.25, -0.2) is 4.98 Å². The molecule has 0 radical (unpaired) electrons. The van der Waals surface area contributed by atoms with Crippen LogP contribution >= 0.6 is 0 Å². The third-order valence-electron chi connectivity index (χ3n) is 5.55. The Hall–Kier alpha value is -2.18. The number of amides is 1. The smallest absolute Gasteiger partial charge is 0.222 e. The molecule has 2 aliphatic rings. The molecule has 1 aliphatic carbocycles. The highest BCUT2D eigenvalue weighted by Crippen LogP contribution is 2.40. The molecule has 0 atom stereocenters. The summed E-state index contributed by atoms with van der Waals surface area (Å²) >= 11 is 0. The molecular formula is C19H28N6O. The average Bonchev–Trinajstić information content (AvgIpc) is 3.21. The number of rotatable bonds is 7. The Morgan fingerprint density at radius 1 is 1.19 bits per heavy atom. The van der Waals surface area contributed by atoms with Crippen molar-refractivity contribution in [2.45, 2.75) is 70.4 Å². The fourth-order valence-electron chi connectivity index (χ4n) is 3.87. The van der Waals surface area contributed by atoms with Crippen LogP contribution in [0.2, 0.25) is 0 Å². The summed E-state index contributed by atoms with van der Waals surface area (Å²) < 4.78 is 4.42. The standard InChI is InChI=1S/C19H28N6O/c1-2-3-4-18(26)24-10-7-15(8-11-24)19-22-21-17(25(19)16-5-6-16)13-23-12-9-20-14-23/h9,12,14-16H,2-8,10-11,13H2,1H3. The Bertz CT molecular complexity index is 725. The number of carbonyl (C=O) groups excluding carboxylic acids is 1. The first-order valence-corrected chi connectivity index (χ1v) is 9.93. The zero-order valence-corrected chi connectivity index (χ0v) is 15.5. The van der Waals surface area contributed by atoms with E-state index < -0.39 is 0 Å². The maximum absolute atomic E-state index is 12.3. The fourth-order valence-corrected chi connectivity index (χ4v) is 3.87. The Balaban J connectivity index is 1.44. The molecule has 0 N–H and O–H groups in total.